The van der Waals surface area contributed by atoms with Crippen LogP contribution in [-0.2, 0) is 17.9 Å². The van der Waals surface area contributed by atoms with Crippen LogP contribution in [0.15, 0.2) is 59.4 Å². The average Bonchev–Trinajstić information content (AvgIpc) is 3.28. The number of piperidine rings is 1. The lowest BCUT2D eigenvalue weighted by Gasteiger charge is -2.39. The minimum Gasteiger partial charge on any atom is -0.390 e. The number of rotatable bonds is 8. The molecule has 0 aliphatic carbocycles. The van der Waals surface area contributed by atoms with Gasteiger partial charge in [-0.1, -0.05) is 36.4 Å². The minimum absolute atomic E-state index is 0.0869. The molecule has 2 aliphatic rings. The van der Waals surface area contributed by atoms with E-state index in [0.29, 0.717) is 29.9 Å². The molecule has 2 aliphatic heterocycles. The second kappa shape index (κ2) is 9.54. The molecule has 8 nitrogen and oxygen atoms in total. The Morgan fingerprint density at radius 3 is 2.42 bits per heavy atom. The van der Waals surface area contributed by atoms with Crippen LogP contribution in [0.25, 0.3) is 5.69 Å². The summed E-state index contributed by atoms with van der Waals surface area (Å²) in [6, 6.07) is 16.4. The van der Waals surface area contributed by atoms with Crippen molar-refractivity contribution in [1.82, 2.24) is 24.7 Å². The smallest absolute Gasteiger partial charge is 0.368 e. The summed E-state index contributed by atoms with van der Waals surface area (Å²) in [5, 5.41) is 18.6. The van der Waals surface area contributed by atoms with E-state index in [1.807, 2.05) is 24.3 Å². The minimum atomic E-state index is -0.734. The molecule has 2 bridgehead atoms. The number of benzene rings is 2. The summed E-state index contributed by atoms with van der Waals surface area (Å²) >= 11 is 0. The van der Waals surface area contributed by atoms with E-state index in [2.05, 4.69) is 15.3 Å². The summed E-state index contributed by atoms with van der Waals surface area (Å²) in [6.45, 7) is 0.841. The molecule has 33 heavy (non-hydrogen) atoms. The molecule has 0 spiro atoms. The van der Waals surface area contributed by atoms with Crippen molar-refractivity contribution in [2.45, 2.75) is 63.1 Å². The van der Waals surface area contributed by atoms with Crippen LogP contribution in [0.4, 0.5) is 4.39 Å². The van der Waals surface area contributed by atoms with Gasteiger partial charge in [-0.25, -0.2) is 9.18 Å². The highest BCUT2D eigenvalue weighted by atomic mass is 19.1. The van der Waals surface area contributed by atoms with Crippen LogP contribution in [0.3, 0.4) is 0 Å². The molecule has 1 aromatic heterocycles. The van der Waals surface area contributed by atoms with Crippen LogP contribution in [0, 0.1) is 5.82 Å². The van der Waals surface area contributed by atoms with Crippen LogP contribution in [0.5, 0.6) is 0 Å². The number of aliphatic hydroxyl groups excluding tert-OH is 1. The number of aliphatic hydroxyl groups is 1. The third-order valence-electron chi connectivity index (χ3n) is 6.72. The van der Waals surface area contributed by atoms with Gasteiger partial charge in [-0.3, -0.25) is 4.90 Å². The number of para-hydroxylation sites is 1. The first-order valence-electron chi connectivity index (χ1n) is 11.5. The van der Waals surface area contributed by atoms with Crippen molar-refractivity contribution in [3.05, 3.63) is 76.5 Å². The number of hydrogen-bond donors (Lipinski definition) is 1. The third-order valence-corrected chi connectivity index (χ3v) is 6.72. The fraction of sp³-hybridized carbons (Fsp3) is 0.458. The quantitative estimate of drug-likeness (QED) is 0.563. The van der Waals surface area contributed by atoms with E-state index < -0.39 is 6.10 Å². The van der Waals surface area contributed by atoms with Crippen molar-refractivity contribution >= 4 is 0 Å². The molecule has 3 atom stereocenters. The van der Waals surface area contributed by atoms with Gasteiger partial charge in [-0.05, 0) is 54.3 Å². The third kappa shape index (κ3) is 4.75. The number of ether oxygens (including phenoxy) is 1. The molecular formula is C24H28FN5O3. The lowest BCUT2D eigenvalue weighted by molar-refractivity contribution is -0.0409. The number of aromatic nitrogens is 4. The Morgan fingerprint density at radius 1 is 1.00 bits per heavy atom. The number of nitrogens with zero attached hydrogens (tertiary/aromatic N) is 5. The second-order valence-electron chi connectivity index (χ2n) is 8.92. The topological polar surface area (TPSA) is 85.4 Å². The lowest BCUT2D eigenvalue weighted by Crippen LogP contribution is -2.49. The summed E-state index contributed by atoms with van der Waals surface area (Å²) in [5.41, 5.74) is 0.846. The molecule has 0 saturated carbocycles. The standard InChI is InChI=1S/C24H28FN5O3/c25-23-9-5-4-6-17(23)16-33-22-12-19-10-11-20(13-22)28(19)14-21(31)15-29-24(32)30(27-26-29)18-7-2-1-3-8-18/h1-9,19-22,31H,10-16H2. The van der Waals surface area contributed by atoms with Crippen molar-refractivity contribution in [2.24, 2.45) is 0 Å². The van der Waals surface area contributed by atoms with E-state index in [0.717, 1.165) is 25.7 Å². The Kier molecular flexibility index (Phi) is 6.34. The van der Waals surface area contributed by atoms with E-state index in [9.17, 15) is 14.3 Å². The first-order valence-corrected chi connectivity index (χ1v) is 11.5. The van der Waals surface area contributed by atoms with Crippen molar-refractivity contribution in [3.63, 3.8) is 0 Å². The molecule has 0 radical (unpaired) electrons. The lowest BCUT2D eigenvalue weighted by atomic mass is 9.99. The van der Waals surface area contributed by atoms with Crippen LogP contribution < -0.4 is 5.69 Å². The van der Waals surface area contributed by atoms with Gasteiger partial charge >= 0.3 is 5.69 Å². The van der Waals surface area contributed by atoms with Crippen molar-refractivity contribution in [1.29, 1.82) is 0 Å². The summed E-state index contributed by atoms with van der Waals surface area (Å²) < 4.78 is 22.4. The predicted octanol–water partition coefficient (Wildman–Crippen LogP) is 2.14. The SMILES string of the molecule is O=c1n(CC(O)CN2C3CCC2CC(OCc2ccccc2F)C3)nnn1-c1ccccc1. The van der Waals surface area contributed by atoms with Gasteiger partial charge in [0.05, 0.1) is 31.0 Å². The molecule has 3 unspecified atom stereocenters. The van der Waals surface area contributed by atoms with E-state index in [4.69, 9.17) is 4.74 Å². The first kappa shape index (κ1) is 21.9. The van der Waals surface area contributed by atoms with Crippen molar-refractivity contribution in [2.75, 3.05) is 6.54 Å². The molecule has 0 amide bonds. The number of hydrogen-bond acceptors (Lipinski definition) is 6. The highest BCUT2D eigenvalue weighted by molar-refractivity contribution is 5.28. The molecule has 2 saturated heterocycles. The van der Waals surface area contributed by atoms with Gasteiger partial charge < -0.3 is 9.84 Å². The molecule has 3 aromatic rings. The van der Waals surface area contributed by atoms with Crippen molar-refractivity contribution < 1.29 is 14.2 Å². The van der Waals surface area contributed by atoms with Gasteiger partial charge in [-0.2, -0.15) is 9.36 Å². The zero-order chi connectivity index (χ0) is 22.8. The van der Waals surface area contributed by atoms with Gasteiger partial charge in [0.25, 0.3) is 0 Å². The van der Waals surface area contributed by atoms with E-state index in [-0.39, 0.29) is 30.8 Å². The molecular weight excluding hydrogens is 425 g/mol. The fourth-order valence-corrected chi connectivity index (χ4v) is 5.10. The Hall–Kier alpha value is -2.88. The Morgan fingerprint density at radius 2 is 1.70 bits per heavy atom. The maximum Gasteiger partial charge on any atom is 0.368 e. The predicted molar refractivity (Wildman–Crippen MR) is 119 cm³/mol. The molecule has 1 N–H and O–H groups in total. The van der Waals surface area contributed by atoms with Gasteiger partial charge in [0.15, 0.2) is 0 Å². The molecule has 2 fully saturated rings. The van der Waals surface area contributed by atoms with Gasteiger partial charge in [-0.15, -0.1) is 0 Å². The maximum absolute atomic E-state index is 13.9. The summed E-state index contributed by atoms with van der Waals surface area (Å²) in [7, 11) is 0. The van der Waals surface area contributed by atoms with Gasteiger partial charge in [0, 0.05) is 24.2 Å². The van der Waals surface area contributed by atoms with E-state index in [1.165, 1.54) is 15.4 Å². The van der Waals surface area contributed by atoms with Crippen LogP contribution >= 0.6 is 0 Å². The first-order chi connectivity index (χ1) is 16.1. The van der Waals surface area contributed by atoms with Crippen LogP contribution in [-0.4, -0.2) is 60.6 Å². The number of halogens is 1. The van der Waals surface area contributed by atoms with Gasteiger partial charge in [0.2, 0.25) is 0 Å². The van der Waals surface area contributed by atoms with E-state index >= 15 is 0 Å². The number of fused-ring (bicyclic) bond motifs is 2. The second-order valence-corrected chi connectivity index (χ2v) is 8.92. The van der Waals surface area contributed by atoms with E-state index in [1.54, 1.807) is 24.3 Å². The van der Waals surface area contributed by atoms with Gasteiger partial charge in [0.1, 0.15) is 5.82 Å². The normalized spacial score (nSPS) is 23.6. The zero-order valence-corrected chi connectivity index (χ0v) is 18.3. The summed E-state index contributed by atoms with van der Waals surface area (Å²) in [4.78, 5) is 15.0. The molecule has 3 heterocycles. The monoisotopic (exact) mass is 453 g/mol. The van der Waals surface area contributed by atoms with Crippen LogP contribution in [0.1, 0.15) is 31.2 Å². The number of tetrazole rings is 1. The average molecular weight is 454 g/mol. The zero-order valence-electron chi connectivity index (χ0n) is 18.3. The fourth-order valence-electron chi connectivity index (χ4n) is 5.10. The van der Waals surface area contributed by atoms with Crippen molar-refractivity contribution in [3.8, 4) is 5.69 Å². The Balaban J connectivity index is 1.16. The summed E-state index contributed by atoms with van der Waals surface area (Å²) in [5.74, 6) is -0.236. The highest BCUT2D eigenvalue weighted by Crippen LogP contribution is 2.37. The highest BCUT2D eigenvalue weighted by Gasteiger charge is 2.41. The molecule has 5 rings (SSSR count). The Bertz CT molecular complexity index is 1120. The molecule has 9 heteroatoms. The maximum atomic E-state index is 13.9. The summed E-state index contributed by atoms with van der Waals surface area (Å²) in [6.07, 6.45) is 3.19. The van der Waals surface area contributed by atoms with Crippen LogP contribution in [0.2, 0.25) is 0 Å². The molecule has 174 valence electrons. The largest absolute Gasteiger partial charge is 0.390 e. The Labute approximate surface area is 191 Å². The molecule has 2 aromatic carbocycles.